The molecule has 0 saturated carbocycles. The summed E-state index contributed by atoms with van der Waals surface area (Å²) in [5.74, 6) is -9.00. The molecule has 1 aliphatic rings. The van der Waals surface area contributed by atoms with E-state index in [2.05, 4.69) is 32.3 Å². The lowest BCUT2D eigenvalue weighted by Gasteiger charge is -2.31. The summed E-state index contributed by atoms with van der Waals surface area (Å²) in [4.78, 5) is 85.7. The van der Waals surface area contributed by atoms with E-state index in [1.165, 1.54) is 40.7 Å². The van der Waals surface area contributed by atoms with Crippen molar-refractivity contribution in [1.82, 2.24) is 35.2 Å². The minimum atomic E-state index is -5.55. The number of phosphoric ester groups is 1. The van der Waals surface area contributed by atoms with Crippen LogP contribution in [0.3, 0.4) is 0 Å². The minimum absolute atomic E-state index is 0.0624. The molecule has 37 heteroatoms. The number of nitrogens with one attached hydrogen (secondary N) is 2. The van der Waals surface area contributed by atoms with Gasteiger partial charge in [-0.1, -0.05) is 50.4 Å². The van der Waals surface area contributed by atoms with Gasteiger partial charge in [-0.15, -0.1) is 0 Å². The molecule has 3 amide bonds. The molecular weight excluding hydrogens is 1340 g/mol. The normalized spacial score (nSPS) is 15.2. The molecule has 0 radical (unpaired) electrons. The van der Waals surface area contributed by atoms with Gasteiger partial charge in [-0.2, -0.15) is 49.6 Å². The third-order valence-corrected chi connectivity index (χ3v) is 18.6. The zero-order valence-corrected chi connectivity index (χ0v) is 52.9. The lowest BCUT2D eigenvalue weighted by atomic mass is 9.77. The Balaban J connectivity index is 1.48. The van der Waals surface area contributed by atoms with E-state index in [1.807, 2.05) is 5.32 Å². The van der Waals surface area contributed by atoms with Crippen molar-refractivity contribution in [2.45, 2.75) is 115 Å². The average Bonchev–Trinajstić information content (AvgIpc) is 1.63. The monoisotopic (exact) mass is 1390 g/mol. The molecule has 0 unspecified atom stereocenters. The maximum absolute atomic E-state index is 15.7. The SMILES string of the molecule is Cc1cc(CC(=O)NCP(=O)(O)O)c(C(C)(C)CC(=O)N(c2nn(CC(F)(F)F)c3c(-c4ccc(C#CC(C)(C)S(C)(=O)=O)nc4[C@H](Cc4cc(F)cc(F)c4)NC(=O)Cn4nc(C(F)(F)F)c5c4C(F)(F)[C@H](C)C5)ccc(Cl)c23)S(C)(=O)=O)c(OP(=O)(O)O)c1. The molecule has 2 atom stereocenters. The second kappa shape index (κ2) is 25.2. The number of pyridine rings is 1. The van der Waals surface area contributed by atoms with Crippen LogP contribution >= 0.6 is 27.0 Å². The summed E-state index contributed by atoms with van der Waals surface area (Å²) in [5.41, 5.74) is -9.32. The molecule has 0 aliphatic heterocycles. The van der Waals surface area contributed by atoms with Crippen LogP contribution < -0.4 is 19.5 Å². The maximum Gasteiger partial charge on any atom is 0.524 e. The molecule has 6 aromatic rings. The number of sulfone groups is 1. The van der Waals surface area contributed by atoms with Gasteiger partial charge in [0.25, 0.3) is 5.92 Å². The lowest BCUT2D eigenvalue weighted by molar-refractivity contribution is -0.143. The van der Waals surface area contributed by atoms with E-state index in [-0.39, 0.29) is 35.9 Å². The highest BCUT2D eigenvalue weighted by Crippen LogP contribution is 2.51. The van der Waals surface area contributed by atoms with Gasteiger partial charge in [0.05, 0.1) is 40.3 Å². The molecule has 0 saturated heterocycles. The molecule has 6 N–H and O–H groups in total. The number of fused-ring (bicyclic) bond motifs is 2. The number of hydrogen-bond donors (Lipinski definition) is 6. The first kappa shape index (κ1) is 71.5. The van der Waals surface area contributed by atoms with E-state index in [0.29, 0.717) is 12.3 Å². The van der Waals surface area contributed by atoms with Gasteiger partial charge in [-0.05, 0) is 92.6 Å². The zero-order valence-electron chi connectivity index (χ0n) is 48.7. The molecule has 0 fully saturated rings. The van der Waals surface area contributed by atoms with E-state index >= 15 is 22.4 Å². The van der Waals surface area contributed by atoms with E-state index in [0.717, 1.165) is 55.6 Å². The van der Waals surface area contributed by atoms with Crippen LogP contribution in [0, 0.1) is 36.3 Å². The Bertz CT molecular complexity index is 4330. The number of anilines is 1. The minimum Gasteiger partial charge on any atom is -0.404 e. The zero-order chi connectivity index (χ0) is 68.5. The Labute approximate surface area is 517 Å². The van der Waals surface area contributed by atoms with Crippen LogP contribution in [-0.2, 0) is 93.2 Å². The Morgan fingerprint density at radius 1 is 0.890 bits per heavy atom. The van der Waals surface area contributed by atoms with Crippen molar-refractivity contribution in [3.63, 3.8) is 0 Å². The molecular formula is C54H55ClF10N8O14P2S2. The van der Waals surface area contributed by atoms with Crippen molar-refractivity contribution in [2.24, 2.45) is 5.92 Å². The third-order valence-electron chi connectivity index (χ3n) is 14.3. The fourth-order valence-corrected chi connectivity index (χ4v) is 12.4. The molecule has 3 heterocycles. The summed E-state index contributed by atoms with van der Waals surface area (Å²) in [6, 6.07) is 6.46. The van der Waals surface area contributed by atoms with Crippen molar-refractivity contribution in [3.8, 4) is 28.7 Å². The molecule has 1 aliphatic carbocycles. The fraction of sp³-hybridized carbons (Fsp3) is 0.407. The van der Waals surface area contributed by atoms with Crippen molar-refractivity contribution < 1.29 is 108 Å². The van der Waals surface area contributed by atoms with Crippen LogP contribution in [0.1, 0.15) is 97.7 Å². The van der Waals surface area contributed by atoms with Gasteiger partial charge in [-0.3, -0.25) is 38.1 Å². The molecule has 22 nitrogen and oxygen atoms in total. The summed E-state index contributed by atoms with van der Waals surface area (Å²) in [7, 11) is -19.6. The number of aromatic nitrogens is 5. The lowest BCUT2D eigenvalue weighted by Crippen LogP contribution is -2.40. The second-order valence-corrected chi connectivity index (χ2v) is 30.3. The van der Waals surface area contributed by atoms with Gasteiger partial charge in [0.15, 0.2) is 21.3 Å². The van der Waals surface area contributed by atoms with Crippen molar-refractivity contribution >= 4 is 81.3 Å². The topological polar surface area (TPSA) is 320 Å². The third kappa shape index (κ3) is 16.6. The summed E-state index contributed by atoms with van der Waals surface area (Å²) in [6.45, 7) is 3.56. The molecule has 7 rings (SSSR count). The van der Waals surface area contributed by atoms with Crippen LogP contribution in [0.25, 0.3) is 22.0 Å². The molecule has 3 aromatic carbocycles. The molecule has 91 heavy (non-hydrogen) atoms. The van der Waals surface area contributed by atoms with Gasteiger partial charge in [0.1, 0.15) is 52.9 Å². The number of carbonyl (C=O) groups excluding carboxylic acids is 3. The number of alkyl halides is 8. The summed E-state index contributed by atoms with van der Waals surface area (Å²) >= 11 is 6.80. The van der Waals surface area contributed by atoms with Gasteiger partial charge in [-0.25, -0.2) is 35.2 Å². The number of rotatable bonds is 20. The number of nitrogens with zero attached hydrogens (tertiary/aromatic N) is 6. The standard InChI is InChI=1S/C54H55ClF10N8O14P2S2/c1-27-15-30(21-40(74)66-26-88(77,78)79)44(39(16-27)87-89(80,81)82)50(3,4)23-42(76)73(91(8,85)86)49-43-37(55)12-11-35(46(43)72(70-49)25-52(58,59)60)34-10-9-33(13-14-51(5,6)90(7,83)84)67-45(34)38(20-29-18-31(56)22-32(57)19-29)68-41(75)24-71-48-36(17-28(2)53(48,61)62)47(69-71)54(63,64)65/h9-12,15-16,18-19,22,28,38H,17,20-21,23-26H2,1-8H3,(H,66,74)(H,68,75)(H2,77,78,79)(H2,80,81,82)/t28-,38+/m1/s1. The summed E-state index contributed by atoms with van der Waals surface area (Å²) in [6.07, 6.45) is -14.1. The number of phosphoric acid groups is 1. The van der Waals surface area contributed by atoms with E-state index in [9.17, 15) is 81.5 Å². The Morgan fingerprint density at radius 2 is 1.51 bits per heavy atom. The number of amides is 3. The first-order chi connectivity index (χ1) is 41.4. The van der Waals surface area contributed by atoms with Crippen LogP contribution in [0.15, 0.2) is 54.6 Å². The first-order valence-corrected chi connectivity index (χ1v) is 33.8. The van der Waals surface area contributed by atoms with Crippen molar-refractivity contribution in [3.05, 3.63) is 122 Å². The van der Waals surface area contributed by atoms with Crippen molar-refractivity contribution in [1.29, 1.82) is 0 Å². The highest BCUT2D eigenvalue weighted by atomic mass is 35.5. The van der Waals surface area contributed by atoms with E-state index in [1.54, 1.807) is 0 Å². The second-order valence-electron chi connectivity index (χ2n) is 22.7. The van der Waals surface area contributed by atoms with Crippen LogP contribution in [0.5, 0.6) is 5.75 Å². The first-order valence-electron chi connectivity index (χ1n) is 26.4. The van der Waals surface area contributed by atoms with Crippen LogP contribution in [0.4, 0.5) is 49.7 Å². The Hall–Kier alpha value is -6.95. The number of benzene rings is 3. The molecule has 0 spiro atoms. The quantitative estimate of drug-likeness (QED) is 0.0237. The van der Waals surface area contributed by atoms with Crippen LogP contribution in [-0.4, -0.2) is 108 Å². The largest absolute Gasteiger partial charge is 0.524 e. The highest BCUT2D eigenvalue weighted by molar-refractivity contribution is 7.93. The Morgan fingerprint density at radius 3 is 2.07 bits per heavy atom. The molecule has 3 aromatic heterocycles. The van der Waals surface area contributed by atoms with Gasteiger partial charge < -0.3 is 24.9 Å². The number of sulfonamides is 1. The average molecular weight is 1390 g/mol. The molecule has 0 bridgehead atoms. The fourth-order valence-electron chi connectivity index (χ4n) is 10.2. The number of aryl methyl sites for hydroxylation is 1. The predicted molar refractivity (Wildman–Crippen MR) is 307 cm³/mol. The molecule has 494 valence electrons. The van der Waals surface area contributed by atoms with E-state index < -0.39 is 217 Å². The predicted octanol–water partition coefficient (Wildman–Crippen LogP) is 8.60. The number of halogens is 11. The number of hydrogen-bond acceptors (Lipinski definition) is 13. The summed E-state index contributed by atoms with van der Waals surface area (Å²) < 4.78 is 231. The van der Waals surface area contributed by atoms with Crippen molar-refractivity contribution in [2.75, 3.05) is 23.1 Å². The maximum atomic E-state index is 15.7. The van der Waals surface area contributed by atoms with Gasteiger partial charge >= 0.3 is 27.8 Å². The van der Waals surface area contributed by atoms with E-state index in [4.69, 9.17) is 16.1 Å². The van der Waals surface area contributed by atoms with Gasteiger partial charge in [0.2, 0.25) is 27.7 Å². The summed E-state index contributed by atoms with van der Waals surface area (Å²) in [5, 5.41) is 10.3. The van der Waals surface area contributed by atoms with Gasteiger partial charge in [0, 0.05) is 52.3 Å². The number of carbonyl (C=O) groups is 3. The smallest absolute Gasteiger partial charge is 0.404 e. The van der Waals surface area contributed by atoms with Crippen LogP contribution in [0.2, 0.25) is 5.02 Å². The highest BCUT2D eigenvalue weighted by Gasteiger charge is 2.54. The Kier molecular flexibility index (Phi) is 19.8.